The molecular weight excluding hydrogens is 258 g/mol. The molecule has 0 atom stereocenters. The first-order chi connectivity index (χ1) is 9.24. The first kappa shape index (κ1) is 11.7. The average Bonchev–Trinajstić information content (AvgIpc) is 2.89. The standard InChI is InChI=1S/C13H11N5S/c1-8-16-6-10(12(14)17-8)13-18-11(7-19-13)9-2-4-15-5-3-9/h2-7H,1H3,(H2,14,16,17). The molecule has 0 amide bonds. The van der Waals surface area contributed by atoms with Crippen LogP contribution in [0.2, 0.25) is 0 Å². The number of pyridine rings is 1. The Hall–Kier alpha value is -2.34. The number of anilines is 1. The maximum Gasteiger partial charge on any atom is 0.137 e. The molecule has 0 radical (unpaired) electrons. The predicted molar refractivity (Wildman–Crippen MR) is 75.5 cm³/mol. The van der Waals surface area contributed by atoms with Gasteiger partial charge in [0.05, 0.1) is 11.3 Å². The second-order valence-electron chi connectivity index (χ2n) is 3.99. The van der Waals surface area contributed by atoms with Crippen LogP contribution in [-0.2, 0) is 0 Å². The third-order valence-electron chi connectivity index (χ3n) is 2.65. The second-order valence-corrected chi connectivity index (χ2v) is 4.85. The lowest BCUT2D eigenvalue weighted by atomic mass is 10.2. The molecule has 94 valence electrons. The molecule has 0 saturated carbocycles. The van der Waals surface area contributed by atoms with Crippen molar-refractivity contribution in [2.45, 2.75) is 6.92 Å². The minimum absolute atomic E-state index is 0.461. The molecule has 19 heavy (non-hydrogen) atoms. The Bertz CT molecular complexity index is 708. The summed E-state index contributed by atoms with van der Waals surface area (Å²) in [5.41, 5.74) is 8.62. The Kier molecular flexibility index (Phi) is 2.92. The van der Waals surface area contributed by atoms with Crippen LogP contribution in [0, 0.1) is 6.92 Å². The highest BCUT2D eigenvalue weighted by Gasteiger charge is 2.10. The SMILES string of the molecule is Cc1ncc(-c2nc(-c3ccncc3)cs2)c(N)n1. The topological polar surface area (TPSA) is 77.6 Å². The van der Waals surface area contributed by atoms with Crippen molar-refractivity contribution in [3.05, 3.63) is 41.9 Å². The van der Waals surface area contributed by atoms with Gasteiger partial charge in [-0.05, 0) is 19.1 Å². The van der Waals surface area contributed by atoms with Crippen LogP contribution >= 0.6 is 11.3 Å². The molecule has 5 nitrogen and oxygen atoms in total. The van der Waals surface area contributed by atoms with E-state index in [-0.39, 0.29) is 0 Å². The maximum absolute atomic E-state index is 5.91. The van der Waals surface area contributed by atoms with E-state index in [1.165, 1.54) is 11.3 Å². The largest absolute Gasteiger partial charge is 0.383 e. The molecule has 0 aliphatic carbocycles. The second kappa shape index (κ2) is 4.74. The molecule has 0 bridgehead atoms. The van der Waals surface area contributed by atoms with Crippen LogP contribution < -0.4 is 5.73 Å². The van der Waals surface area contributed by atoms with E-state index in [1.54, 1.807) is 18.6 Å². The van der Waals surface area contributed by atoms with Gasteiger partial charge in [-0.1, -0.05) is 0 Å². The first-order valence-electron chi connectivity index (χ1n) is 5.69. The van der Waals surface area contributed by atoms with Crippen LogP contribution in [0.25, 0.3) is 21.8 Å². The Balaban J connectivity index is 2.02. The summed E-state index contributed by atoms with van der Waals surface area (Å²) >= 11 is 1.53. The highest BCUT2D eigenvalue weighted by molar-refractivity contribution is 7.13. The number of hydrogen-bond donors (Lipinski definition) is 1. The monoisotopic (exact) mass is 269 g/mol. The van der Waals surface area contributed by atoms with Gasteiger partial charge in [0.2, 0.25) is 0 Å². The summed E-state index contributed by atoms with van der Waals surface area (Å²) in [6.45, 7) is 1.81. The van der Waals surface area contributed by atoms with Gasteiger partial charge in [0.25, 0.3) is 0 Å². The van der Waals surface area contributed by atoms with Crippen molar-refractivity contribution in [3.8, 4) is 21.8 Å². The van der Waals surface area contributed by atoms with Gasteiger partial charge >= 0.3 is 0 Å². The van der Waals surface area contributed by atoms with Crippen molar-refractivity contribution in [2.75, 3.05) is 5.73 Å². The van der Waals surface area contributed by atoms with Gasteiger partial charge in [-0.25, -0.2) is 15.0 Å². The Morgan fingerprint density at radius 2 is 1.95 bits per heavy atom. The van der Waals surface area contributed by atoms with E-state index in [1.807, 2.05) is 24.4 Å². The summed E-state index contributed by atoms with van der Waals surface area (Å²) in [5, 5.41) is 2.81. The third-order valence-corrected chi connectivity index (χ3v) is 3.52. The molecule has 0 aliphatic rings. The van der Waals surface area contributed by atoms with Crippen LogP contribution in [0.15, 0.2) is 36.1 Å². The predicted octanol–water partition coefficient (Wildman–Crippen LogP) is 2.55. The molecule has 0 aliphatic heterocycles. The zero-order chi connectivity index (χ0) is 13.2. The average molecular weight is 269 g/mol. The van der Waals surface area contributed by atoms with E-state index >= 15 is 0 Å². The first-order valence-corrected chi connectivity index (χ1v) is 6.57. The zero-order valence-corrected chi connectivity index (χ0v) is 11.1. The molecule has 3 heterocycles. The summed E-state index contributed by atoms with van der Waals surface area (Å²) in [6, 6.07) is 3.85. The maximum atomic E-state index is 5.91. The molecule has 3 aromatic heterocycles. The summed E-state index contributed by atoms with van der Waals surface area (Å²) < 4.78 is 0. The number of thiazole rings is 1. The summed E-state index contributed by atoms with van der Waals surface area (Å²) in [4.78, 5) is 16.9. The number of rotatable bonds is 2. The van der Waals surface area contributed by atoms with Crippen LogP contribution in [0.5, 0.6) is 0 Å². The van der Waals surface area contributed by atoms with Crippen LogP contribution in [0.1, 0.15) is 5.82 Å². The minimum Gasteiger partial charge on any atom is -0.383 e. The van der Waals surface area contributed by atoms with Crippen LogP contribution in [-0.4, -0.2) is 19.9 Å². The summed E-state index contributed by atoms with van der Waals surface area (Å²) in [6.07, 6.45) is 5.21. The number of nitrogens with two attached hydrogens (primary N) is 1. The normalized spacial score (nSPS) is 10.6. The van der Waals surface area contributed by atoms with E-state index in [9.17, 15) is 0 Å². The van der Waals surface area contributed by atoms with E-state index in [0.29, 0.717) is 11.6 Å². The lowest BCUT2D eigenvalue weighted by Crippen LogP contribution is -1.98. The van der Waals surface area contributed by atoms with Crippen LogP contribution in [0.4, 0.5) is 5.82 Å². The van der Waals surface area contributed by atoms with Gasteiger partial charge < -0.3 is 5.73 Å². The fourth-order valence-corrected chi connectivity index (χ4v) is 2.55. The van der Waals surface area contributed by atoms with E-state index in [4.69, 9.17) is 5.73 Å². The fraction of sp³-hybridized carbons (Fsp3) is 0.0769. The van der Waals surface area contributed by atoms with Crippen molar-refractivity contribution >= 4 is 17.2 Å². The van der Waals surface area contributed by atoms with E-state index in [0.717, 1.165) is 21.8 Å². The number of aromatic nitrogens is 4. The Morgan fingerprint density at radius 3 is 2.68 bits per heavy atom. The fourth-order valence-electron chi connectivity index (χ4n) is 1.71. The van der Waals surface area contributed by atoms with Gasteiger partial charge in [-0.3, -0.25) is 4.98 Å². The van der Waals surface area contributed by atoms with Gasteiger partial charge in [-0.2, -0.15) is 0 Å². The zero-order valence-electron chi connectivity index (χ0n) is 10.2. The molecule has 0 saturated heterocycles. The smallest absolute Gasteiger partial charge is 0.137 e. The van der Waals surface area contributed by atoms with E-state index in [2.05, 4.69) is 19.9 Å². The lowest BCUT2D eigenvalue weighted by Gasteiger charge is -2.01. The molecular formula is C13H11N5S. The summed E-state index contributed by atoms with van der Waals surface area (Å²) in [7, 11) is 0. The molecule has 3 aromatic rings. The number of hydrogen-bond acceptors (Lipinski definition) is 6. The van der Waals surface area contributed by atoms with Gasteiger partial charge in [0.1, 0.15) is 16.6 Å². The van der Waals surface area contributed by atoms with Crippen molar-refractivity contribution in [1.29, 1.82) is 0 Å². The van der Waals surface area contributed by atoms with Gasteiger partial charge in [0, 0.05) is 29.5 Å². The molecule has 6 heteroatoms. The molecule has 2 N–H and O–H groups in total. The Labute approximate surface area is 114 Å². The van der Waals surface area contributed by atoms with Gasteiger partial charge in [-0.15, -0.1) is 11.3 Å². The highest BCUT2D eigenvalue weighted by atomic mass is 32.1. The molecule has 0 aromatic carbocycles. The molecule has 0 spiro atoms. The van der Waals surface area contributed by atoms with Crippen LogP contribution in [0.3, 0.4) is 0 Å². The van der Waals surface area contributed by atoms with Crippen molar-refractivity contribution < 1.29 is 0 Å². The minimum atomic E-state index is 0.461. The lowest BCUT2D eigenvalue weighted by molar-refractivity contribution is 1.06. The number of aryl methyl sites for hydroxylation is 1. The number of nitrogens with zero attached hydrogens (tertiary/aromatic N) is 4. The van der Waals surface area contributed by atoms with E-state index < -0.39 is 0 Å². The van der Waals surface area contributed by atoms with Crippen molar-refractivity contribution in [2.24, 2.45) is 0 Å². The highest BCUT2D eigenvalue weighted by Crippen LogP contribution is 2.30. The third kappa shape index (κ3) is 2.30. The Morgan fingerprint density at radius 1 is 1.16 bits per heavy atom. The van der Waals surface area contributed by atoms with Gasteiger partial charge in [0.15, 0.2) is 0 Å². The number of nitrogen functional groups attached to an aromatic ring is 1. The summed E-state index contributed by atoms with van der Waals surface area (Å²) in [5.74, 6) is 1.12. The van der Waals surface area contributed by atoms with Crippen molar-refractivity contribution in [1.82, 2.24) is 19.9 Å². The molecule has 0 fully saturated rings. The van der Waals surface area contributed by atoms with Crippen molar-refractivity contribution in [3.63, 3.8) is 0 Å². The molecule has 0 unspecified atom stereocenters. The molecule has 3 rings (SSSR count). The quantitative estimate of drug-likeness (QED) is 0.773.